The third-order valence-corrected chi connectivity index (χ3v) is 2.66. The Morgan fingerprint density at radius 3 is 3.13 bits per heavy atom. The quantitative estimate of drug-likeness (QED) is 0.815. The van der Waals surface area contributed by atoms with Crippen LogP contribution in [0.25, 0.3) is 0 Å². The molecule has 0 bridgehead atoms. The fourth-order valence-electron chi connectivity index (χ4n) is 1.84. The van der Waals surface area contributed by atoms with Crippen molar-refractivity contribution in [3.8, 4) is 5.75 Å². The summed E-state index contributed by atoms with van der Waals surface area (Å²) in [6.07, 6.45) is 1.36. The second-order valence-corrected chi connectivity index (χ2v) is 3.98. The average Bonchev–Trinajstić information content (AvgIpc) is 2.62. The van der Waals surface area contributed by atoms with Crippen LogP contribution in [0.5, 0.6) is 5.75 Å². The molecule has 0 aromatic heterocycles. The van der Waals surface area contributed by atoms with Gasteiger partial charge in [-0.1, -0.05) is 12.1 Å². The number of carbonyl (C=O) groups is 1. The summed E-state index contributed by atoms with van der Waals surface area (Å²) in [5.74, 6) is 1.04. The van der Waals surface area contributed by atoms with Crippen LogP contribution >= 0.6 is 0 Å². The Morgan fingerprint density at radius 1 is 1.60 bits per heavy atom. The summed E-state index contributed by atoms with van der Waals surface area (Å²) in [6, 6.07) is 5.77. The van der Waals surface area contributed by atoms with E-state index in [2.05, 4.69) is 0 Å². The summed E-state index contributed by atoms with van der Waals surface area (Å²) < 4.78 is 5.45. The van der Waals surface area contributed by atoms with Crippen LogP contribution in [-0.4, -0.2) is 12.4 Å². The maximum atomic E-state index is 10.9. The molecule has 0 unspecified atom stereocenters. The number of benzene rings is 1. The van der Waals surface area contributed by atoms with Crippen LogP contribution in [0.4, 0.5) is 0 Å². The second kappa shape index (κ2) is 4.03. The molecule has 1 heterocycles. The molecule has 15 heavy (non-hydrogen) atoms. The fraction of sp³-hybridized carbons (Fsp3) is 0.417. The van der Waals surface area contributed by atoms with Gasteiger partial charge in [-0.25, -0.2) is 0 Å². The maximum Gasteiger partial charge on any atom is 0.131 e. The van der Waals surface area contributed by atoms with Crippen LogP contribution in [0.15, 0.2) is 18.2 Å². The highest BCUT2D eigenvalue weighted by Crippen LogP contribution is 2.28. The molecule has 1 aromatic rings. The van der Waals surface area contributed by atoms with Crippen molar-refractivity contribution in [2.45, 2.75) is 25.8 Å². The predicted molar refractivity (Wildman–Crippen MR) is 57.9 cm³/mol. The van der Waals surface area contributed by atoms with E-state index in [-0.39, 0.29) is 11.8 Å². The van der Waals surface area contributed by atoms with Crippen molar-refractivity contribution in [3.05, 3.63) is 29.3 Å². The molecule has 0 saturated carbocycles. The highest BCUT2D eigenvalue weighted by Gasteiger charge is 2.15. The lowest BCUT2D eigenvalue weighted by Gasteiger charge is -2.11. The zero-order valence-corrected chi connectivity index (χ0v) is 8.82. The van der Waals surface area contributed by atoms with Gasteiger partial charge in [-0.15, -0.1) is 0 Å². The molecule has 0 amide bonds. The Hall–Kier alpha value is -1.35. The minimum Gasteiger partial charge on any atom is -0.493 e. The van der Waals surface area contributed by atoms with Gasteiger partial charge in [-0.3, -0.25) is 4.79 Å². The highest BCUT2D eigenvalue weighted by atomic mass is 16.5. The van der Waals surface area contributed by atoms with Crippen LogP contribution in [-0.2, 0) is 11.2 Å². The average molecular weight is 205 g/mol. The lowest BCUT2D eigenvalue weighted by Crippen LogP contribution is -2.13. The van der Waals surface area contributed by atoms with E-state index >= 15 is 0 Å². The van der Waals surface area contributed by atoms with Crippen molar-refractivity contribution in [2.24, 2.45) is 5.73 Å². The largest absolute Gasteiger partial charge is 0.493 e. The number of carbonyl (C=O) groups excluding carboxylic acids is 1. The maximum absolute atomic E-state index is 10.9. The molecule has 2 rings (SSSR count). The summed E-state index contributed by atoms with van der Waals surface area (Å²) >= 11 is 0. The number of fused-ring (bicyclic) bond motifs is 1. The smallest absolute Gasteiger partial charge is 0.131 e. The van der Waals surface area contributed by atoms with Gasteiger partial charge in [-0.2, -0.15) is 0 Å². The zero-order chi connectivity index (χ0) is 10.8. The molecule has 0 aliphatic carbocycles. The van der Waals surface area contributed by atoms with E-state index < -0.39 is 0 Å². The molecule has 3 heteroatoms. The summed E-state index contributed by atoms with van der Waals surface area (Å²) in [7, 11) is 0. The lowest BCUT2D eigenvalue weighted by molar-refractivity contribution is -0.117. The van der Waals surface area contributed by atoms with Crippen molar-refractivity contribution in [3.63, 3.8) is 0 Å². The molecule has 1 aromatic carbocycles. The van der Waals surface area contributed by atoms with Gasteiger partial charge >= 0.3 is 0 Å². The number of hydrogen-bond acceptors (Lipinski definition) is 3. The molecule has 0 saturated heterocycles. The number of ether oxygens (including phenoxy) is 1. The van der Waals surface area contributed by atoms with Crippen molar-refractivity contribution in [1.82, 2.24) is 0 Å². The van der Waals surface area contributed by atoms with Crippen LogP contribution in [0.1, 0.15) is 30.5 Å². The first-order chi connectivity index (χ1) is 7.16. The summed E-state index contributed by atoms with van der Waals surface area (Å²) in [5, 5.41) is 0. The summed E-state index contributed by atoms with van der Waals surface area (Å²) in [5.41, 5.74) is 8.12. The molecule has 0 radical (unpaired) electrons. The third-order valence-electron chi connectivity index (χ3n) is 2.66. The van der Waals surface area contributed by atoms with Gasteiger partial charge in [0.2, 0.25) is 0 Å². The van der Waals surface area contributed by atoms with E-state index in [0.29, 0.717) is 6.42 Å². The fourth-order valence-corrected chi connectivity index (χ4v) is 1.84. The second-order valence-electron chi connectivity index (χ2n) is 3.98. The van der Waals surface area contributed by atoms with Crippen LogP contribution < -0.4 is 10.5 Å². The Bertz CT molecular complexity index is 387. The normalized spacial score (nSPS) is 15.6. The minimum absolute atomic E-state index is 0.115. The topological polar surface area (TPSA) is 52.3 Å². The molecular formula is C12H15NO2. The van der Waals surface area contributed by atoms with E-state index in [1.807, 2.05) is 18.2 Å². The number of nitrogens with two attached hydrogens (primary N) is 1. The number of hydrogen-bond donors (Lipinski definition) is 1. The monoisotopic (exact) mass is 205 g/mol. The molecular weight excluding hydrogens is 190 g/mol. The van der Waals surface area contributed by atoms with Crippen molar-refractivity contribution in [2.75, 3.05) is 6.61 Å². The number of ketones is 1. The molecule has 3 nitrogen and oxygen atoms in total. The van der Waals surface area contributed by atoms with E-state index in [0.717, 1.165) is 24.3 Å². The first-order valence-corrected chi connectivity index (χ1v) is 5.17. The lowest BCUT2D eigenvalue weighted by atomic mass is 10.0. The highest BCUT2D eigenvalue weighted by molar-refractivity contribution is 5.76. The van der Waals surface area contributed by atoms with Crippen LogP contribution in [0, 0.1) is 0 Å². The zero-order valence-electron chi connectivity index (χ0n) is 8.82. The van der Waals surface area contributed by atoms with E-state index in [4.69, 9.17) is 10.5 Å². The van der Waals surface area contributed by atoms with Gasteiger partial charge in [0.15, 0.2) is 0 Å². The molecule has 0 spiro atoms. The molecule has 1 atom stereocenters. The van der Waals surface area contributed by atoms with Gasteiger partial charge in [0.05, 0.1) is 6.61 Å². The first-order valence-electron chi connectivity index (χ1n) is 5.17. The molecule has 2 N–H and O–H groups in total. The predicted octanol–water partition coefficient (Wildman–Crippen LogP) is 1.60. The van der Waals surface area contributed by atoms with Gasteiger partial charge in [-0.05, 0) is 24.1 Å². The van der Waals surface area contributed by atoms with Gasteiger partial charge < -0.3 is 10.5 Å². The Labute approximate surface area is 89.2 Å². The van der Waals surface area contributed by atoms with Crippen molar-refractivity contribution < 1.29 is 9.53 Å². The van der Waals surface area contributed by atoms with Crippen LogP contribution in [0.2, 0.25) is 0 Å². The Kier molecular flexibility index (Phi) is 2.73. The SMILES string of the molecule is CC(=O)C[C@H](N)c1ccc2c(c1)OCC2. The molecule has 80 valence electrons. The van der Waals surface area contributed by atoms with Crippen molar-refractivity contribution >= 4 is 5.78 Å². The molecule has 1 aliphatic rings. The number of rotatable bonds is 3. The van der Waals surface area contributed by atoms with Gasteiger partial charge in [0.1, 0.15) is 11.5 Å². The number of Topliss-reactive ketones (excluding diaryl/α,β-unsaturated/α-hetero) is 1. The molecule has 1 aliphatic heterocycles. The standard InChI is InChI=1S/C12H15NO2/c1-8(14)6-11(13)10-3-2-9-4-5-15-12(9)7-10/h2-3,7,11H,4-6,13H2,1H3/t11-/m0/s1. The van der Waals surface area contributed by atoms with E-state index in [1.165, 1.54) is 5.56 Å². The first kappa shape index (κ1) is 10.2. The summed E-state index contributed by atoms with van der Waals surface area (Å²) in [6.45, 7) is 2.31. The summed E-state index contributed by atoms with van der Waals surface area (Å²) in [4.78, 5) is 10.9. The molecule has 0 fully saturated rings. The van der Waals surface area contributed by atoms with Gasteiger partial charge in [0.25, 0.3) is 0 Å². The minimum atomic E-state index is -0.211. The Balaban J connectivity index is 2.19. The van der Waals surface area contributed by atoms with E-state index in [9.17, 15) is 4.79 Å². The van der Waals surface area contributed by atoms with E-state index in [1.54, 1.807) is 6.92 Å². The van der Waals surface area contributed by atoms with Crippen LogP contribution in [0.3, 0.4) is 0 Å². The Morgan fingerprint density at radius 2 is 2.40 bits per heavy atom. The van der Waals surface area contributed by atoms with Crippen molar-refractivity contribution in [1.29, 1.82) is 0 Å². The van der Waals surface area contributed by atoms with Gasteiger partial charge in [0, 0.05) is 18.9 Å². The third kappa shape index (κ3) is 2.18.